The molecular weight excluding hydrogens is 434 g/mol. The van der Waals surface area contributed by atoms with Crippen molar-refractivity contribution in [2.24, 2.45) is 0 Å². The van der Waals surface area contributed by atoms with E-state index in [-0.39, 0.29) is 19.0 Å². The summed E-state index contributed by atoms with van der Waals surface area (Å²) in [7, 11) is 1.48. The Morgan fingerprint density at radius 2 is 2.10 bits per heavy atom. The minimum Gasteiger partial charge on any atom is -0.494 e. The lowest BCUT2D eigenvalue weighted by molar-refractivity contribution is 0.0920. The van der Waals surface area contributed by atoms with Crippen molar-refractivity contribution in [3.8, 4) is 5.75 Å². The van der Waals surface area contributed by atoms with Crippen LogP contribution in [0.2, 0.25) is 4.34 Å². The topological polar surface area (TPSA) is 97.4 Å². The molecule has 1 N–H and O–H groups in total. The Labute approximate surface area is 181 Å². The molecule has 0 saturated carbocycles. The second kappa shape index (κ2) is 8.41. The van der Waals surface area contributed by atoms with Gasteiger partial charge in [0.25, 0.3) is 5.91 Å². The average molecular weight is 452 g/mol. The Morgan fingerprint density at radius 1 is 1.27 bits per heavy atom. The number of cyclic esters (lactones) is 2. The first kappa shape index (κ1) is 20.3. The number of thiophene rings is 1. The number of ether oxygens (including phenoxy) is 3. The molecule has 1 aromatic carbocycles. The third-order valence-corrected chi connectivity index (χ3v) is 5.92. The normalized spacial score (nSPS) is 18.4. The van der Waals surface area contributed by atoms with Crippen LogP contribution in [-0.4, -0.2) is 57.5 Å². The summed E-state index contributed by atoms with van der Waals surface area (Å²) in [5.41, 5.74) is 1.13. The highest BCUT2D eigenvalue weighted by Crippen LogP contribution is 2.35. The van der Waals surface area contributed by atoms with Gasteiger partial charge in [0.15, 0.2) is 0 Å². The molecule has 1 aromatic heterocycles. The van der Waals surface area contributed by atoms with Crippen molar-refractivity contribution < 1.29 is 28.6 Å². The summed E-state index contributed by atoms with van der Waals surface area (Å²) >= 11 is 7.02. The first-order chi connectivity index (χ1) is 14.5. The van der Waals surface area contributed by atoms with Gasteiger partial charge in [0.2, 0.25) is 0 Å². The molecule has 0 aliphatic carbocycles. The molecule has 11 heteroatoms. The van der Waals surface area contributed by atoms with Gasteiger partial charge in [-0.05, 0) is 24.3 Å². The van der Waals surface area contributed by atoms with E-state index in [4.69, 9.17) is 25.8 Å². The number of nitrogens with zero attached hydrogens (tertiary/aromatic N) is 2. The molecule has 2 fully saturated rings. The molecule has 158 valence electrons. The van der Waals surface area contributed by atoms with Crippen LogP contribution in [-0.2, 0) is 9.47 Å². The van der Waals surface area contributed by atoms with E-state index in [1.165, 1.54) is 28.2 Å². The first-order valence-electron chi connectivity index (χ1n) is 9.10. The number of nitrogens with one attached hydrogen (secondary N) is 1. The van der Waals surface area contributed by atoms with Gasteiger partial charge in [-0.1, -0.05) is 11.6 Å². The van der Waals surface area contributed by atoms with Crippen molar-refractivity contribution in [1.29, 1.82) is 0 Å². The molecule has 2 aromatic rings. The number of carbonyl (C=O) groups excluding carboxylic acids is 3. The standard InChI is InChI=1S/C19H18ClN3O6S/c1-27-14-8-11(22-6-7-28-18(22)25)2-3-13(14)23-10-12(29-19(23)26)9-21-17(24)15-4-5-16(20)30-15/h2-5,8,12H,6-7,9-10H2,1H3,(H,21,24). The Hall–Kier alpha value is -2.98. The number of benzene rings is 1. The van der Waals surface area contributed by atoms with Crippen molar-refractivity contribution in [2.75, 3.05) is 43.2 Å². The molecule has 3 heterocycles. The Balaban J connectivity index is 1.43. The molecule has 2 aliphatic rings. The van der Waals surface area contributed by atoms with E-state index >= 15 is 0 Å². The SMILES string of the molecule is COc1cc(N2CCOC2=O)ccc1N1CC(CNC(=O)c2ccc(Cl)s2)OC1=O. The number of amides is 3. The number of methoxy groups -OCH3 is 1. The second-order valence-corrected chi connectivity index (χ2v) is 8.27. The van der Waals surface area contributed by atoms with E-state index in [9.17, 15) is 14.4 Å². The highest BCUT2D eigenvalue weighted by atomic mass is 35.5. The van der Waals surface area contributed by atoms with Gasteiger partial charge < -0.3 is 19.5 Å². The summed E-state index contributed by atoms with van der Waals surface area (Å²) in [5, 5.41) is 2.75. The van der Waals surface area contributed by atoms with Crippen LogP contribution < -0.4 is 19.9 Å². The maximum absolute atomic E-state index is 12.4. The van der Waals surface area contributed by atoms with Crippen molar-refractivity contribution in [3.05, 3.63) is 39.5 Å². The molecule has 3 amide bonds. The minimum absolute atomic E-state index is 0.163. The zero-order valence-electron chi connectivity index (χ0n) is 15.9. The van der Waals surface area contributed by atoms with Gasteiger partial charge in [0, 0.05) is 6.07 Å². The van der Waals surface area contributed by atoms with Crippen LogP contribution in [0.15, 0.2) is 30.3 Å². The monoisotopic (exact) mass is 451 g/mol. The number of carbonyl (C=O) groups is 3. The number of hydrogen-bond acceptors (Lipinski definition) is 7. The summed E-state index contributed by atoms with van der Waals surface area (Å²) in [6.45, 7) is 1.18. The summed E-state index contributed by atoms with van der Waals surface area (Å²) in [5.74, 6) is 0.142. The molecule has 9 nitrogen and oxygen atoms in total. The first-order valence-corrected chi connectivity index (χ1v) is 10.3. The van der Waals surface area contributed by atoms with Crippen molar-refractivity contribution in [3.63, 3.8) is 0 Å². The predicted molar refractivity (Wildman–Crippen MR) is 111 cm³/mol. The summed E-state index contributed by atoms with van der Waals surface area (Å²) in [6, 6.07) is 8.36. The van der Waals surface area contributed by atoms with E-state index < -0.39 is 18.3 Å². The van der Waals surface area contributed by atoms with Crippen LogP contribution in [0.25, 0.3) is 0 Å². The maximum Gasteiger partial charge on any atom is 0.414 e. The molecule has 0 radical (unpaired) electrons. The predicted octanol–water partition coefficient (Wildman–Crippen LogP) is 3.12. The van der Waals surface area contributed by atoms with E-state index in [1.807, 2.05) is 0 Å². The molecular formula is C19H18ClN3O6S. The summed E-state index contributed by atoms with van der Waals surface area (Å²) < 4.78 is 16.3. The van der Waals surface area contributed by atoms with Gasteiger partial charge in [0.05, 0.1) is 47.3 Å². The van der Waals surface area contributed by atoms with Crippen molar-refractivity contribution in [2.45, 2.75) is 6.10 Å². The molecule has 1 unspecified atom stereocenters. The summed E-state index contributed by atoms with van der Waals surface area (Å²) in [4.78, 5) is 39.8. The molecule has 30 heavy (non-hydrogen) atoms. The Bertz CT molecular complexity index is 996. The van der Waals surface area contributed by atoms with Crippen molar-refractivity contribution >= 4 is 52.4 Å². The third kappa shape index (κ3) is 4.01. The van der Waals surface area contributed by atoms with Gasteiger partial charge >= 0.3 is 12.2 Å². The lowest BCUT2D eigenvalue weighted by Crippen LogP contribution is -2.34. The van der Waals surface area contributed by atoms with Crippen LogP contribution in [0.3, 0.4) is 0 Å². The minimum atomic E-state index is -0.542. The van der Waals surface area contributed by atoms with E-state index in [0.717, 1.165) is 0 Å². The average Bonchev–Trinajstić information content (AvgIpc) is 3.46. The molecule has 4 rings (SSSR count). The zero-order valence-corrected chi connectivity index (χ0v) is 17.5. The fourth-order valence-corrected chi connectivity index (χ4v) is 4.20. The van der Waals surface area contributed by atoms with E-state index in [0.29, 0.717) is 39.5 Å². The molecule has 0 spiro atoms. The Kier molecular flexibility index (Phi) is 5.69. The smallest absolute Gasteiger partial charge is 0.414 e. The lowest BCUT2D eigenvalue weighted by atomic mass is 10.2. The van der Waals surface area contributed by atoms with Crippen LogP contribution in [0, 0.1) is 0 Å². The third-order valence-electron chi connectivity index (χ3n) is 4.69. The van der Waals surface area contributed by atoms with E-state index in [2.05, 4.69) is 5.32 Å². The van der Waals surface area contributed by atoms with Gasteiger partial charge in [-0.25, -0.2) is 9.59 Å². The maximum atomic E-state index is 12.4. The van der Waals surface area contributed by atoms with Crippen LogP contribution in [0.1, 0.15) is 9.67 Å². The van der Waals surface area contributed by atoms with Gasteiger partial charge in [-0.15, -0.1) is 11.3 Å². The molecule has 0 bridgehead atoms. The van der Waals surface area contributed by atoms with Crippen LogP contribution in [0.4, 0.5) is 21.0 Å². The fourth-order valence-electron chi connectivity index (χ4n) is 3.24. The van der Waals surface area contributed by atoms with Gasteiger partial charge in [0.1, 0.15) is 18.5 Å². The van der Waals surface area contributed by atoms with Gasteiger partial charge in [-0.3, -0.25) is 14.6 Å². The molecule has 2 saturated heterocycles. The van der Waals surface area contributed by atoms with Gasteiger partial charge in [-0.2, -0.15) is 0 Å². The van der Waals surface area contributed by atoms with Crippen molar-refractivity contribution in [1.82, 2.24) is 5.32 Å². The molecule has 2 aliphatic heterocycles. The largest absolute Gasteiger partial charge is 0.494 e. The number of anilines is 2. The lowest BCUT2D eigenvalue weighted by Gasteiger charge is -2.20. The number of halogens is 1. The van der Waals surface area contributed by atoms with Crippen LogP contribution in [0.5, 0.6) is 5.75 Å². The molecule has 1 atom stereocenters. The number of hydrogen-bond donors (Lipinski definition) is 1. The Morgan fingerprint density at radius 3 is 2.77 bits per heavy atom. The fraction of sp³-hybridized carbons (Fsp3) is 0.316. The van der Waals surface area contributed by atoms with Crippen LogP contribution >= 0.6 is 22.9 Å². The quantitative estimate of drug-likeness (QED) is 0.724. The number of rotatable bonds is 6. The second-order valence-electron chi connectivity index (χ2n) is 6.55. The highest BCUT2D eigenvalue weighted by molar-refractivity contribution is 7.18. The van der Waals surface area contributed by atoms with E-state index in [1.54, 1.807) is 30.3 Å². The summed E-state index contributed by atoms with van der Waals surface area (Å²) in [6.07, 6.45) is -1.48. The highest BCUT2D eigenvalue weighted by Gasteiger charge is 2.35. The zero-order chi connectivity index (χ0) is 21.3.